The molecule has 22 heavy (non-hydrogen) atoms. The van der Waals surface area contributed by atoms with Gasteiger partial charge < -0.3 is 19.9 Å². The second-order valence-corrected chi connectivity index (χ2v) is 5.52. The van der Waals surface area contributed by atoms with Crippen LogP contribution in [0.25, 0.3) is 0 Å². The van der Waals surface area contributed by atoms with Gasteiger partial charge in [-0.15, -0.1) is 0 Å². The van der Waals surface area contributed by atoms with Crippen molar-refractivity contribution in [1.29, 1.82) is 0 Å². The van der Waals surface area contributed by atoms with Crippen LogP contribution >= 0.6 is 0 Å². The lowest BCUT2D eigenvalue weighted by molar-refractivity contribution is -0.137. The summed E-state index contributed by atoms with van der Waals surface area (Å²) in [5.41, 5.74) is 0. The van der Waals surface area contributed by atoms with Gasteiger partial charge in [-0.1, -0.05) is 18.2 Å². The quantitative estimate of drug-likeness (QED) is 0.852. The molecule has 1 heterocycles. The average molecular weight is 305 g/mol. The highest BCUT2D eigenvalue weighted by atomic mass is 16.5. The lowest BCUT2D eigenvalue weighted by atomic mass is 10.2. The smallest absolute Gasteiger partial charge is 0.258 e. The predicted octanol–water partition coefficient (Wildman–Crippen LogP) is 0.344. The Balaban J connectivity index is 1.74. The van der Waals surface area contributed by atoms with Crippen molar-refractivity contribution < 1.29 is 14.3 Å². The van der Waals surface area contributed by atoms with Crippen LogP contribution < -0.4 is 10.1 Å². The summed E-state index contributed by atoms with van der Waals surface area (Å²) in [6.07, 6.45) is 0. The minimum atomic E-state index is -0.532. The van der Waals surface area contributed by atoms with E-state index in [0.717, 1.165) is 13.1 Å². The van der Waals surface area contributed by atoms with Gasteiger partial charge in [-0.25, -0.2) is 0 Å². The van der Waals surface area contributed by atoms with Crippen LogP contribution in [-0.2, 0) is 9.59 Å². The van der Waals surface area contributed by atoms with Crippen molar-refractivity contribution >= 4 is 11.8 Å². The number of hydrogen-bond donors (Lipinski definition) is 1. The second-order valence-electron chi connectivity index (χ2n) is 5.52. The molecule has 6 heteroatoms. The van der Waals surface area contributed by atoms with E-state index in [4.69, 9.17) is 4.74 Å². The van der Waals surface area contributed by atoms with Crippen molar-refractivity contribution in [3.63, 3.8) is 0 Å². The summed E-state index contributed by atoms with van der Waals surface area (Å²) < 4.78 is 5.36. The summed E-state index contributed by atoms with van der Waals surface area (Å²) in [5, 5.41) is 2.69. The first-order valence-corrected chi connectivity index (χ1v) is 7.51. The van der Waals surface area contributed by atoms with Gasteiger partial charge in [-0.2, -0.15) is 0 Å². The number of amides is 2. The summed E-state index contributed by atoms with van der Waals surface area (Å²) in [5.74, 6) is 0.302. The maximum Gasteiger partial charge on any atom is 0.258 e. The number of para-hydroxylation sites is 1. The lowest BCUT2D eigenvalue weighted by Gasteiger charge is -2.34. The maximum atomic E-state index is 12.3. The predicted molar refractivity (Wildman–Crippen MR) is 83.6 cm³/mol. The topological polar surface area (TPSA) is 61.9 Å². The Hall–Kier alpha value is -2.08. The van der Waals surface area contributed by atoms with Gasteiger partial charge in [0.2, 0.25) is 5.91 Å². The van der Waals surface area contributed by atoms with Crippen molar-refractivity contribution in [1.82, 2.24) is 15.1 Å². The fourth-order valence-corrected chi connectivity index (χ4v) is 2.31. The van der Waals surface area contributed by atoms with Gasteiger partial charge in [0.25, 0.3) is 5.91 Å². The van der Waals surface area contributed by atoms with E-state index < -0.39 is 6.04 Å². The van der Waals surface area contributed by atoms with Gasteiger partial charge in [0.15, 0.2) is 6.61 Å². The highest BCUT2D eigenvalue weighted by Crippen LogP contribution is 2.07. The molecule has 1 aromatic carbocycles. The SMILES string of the molecule is C[C@H](NC(=O)COc1ccccc1)C(=O)N1CCN(C)CC1. The normalized spacial score (nSPS) is 16.9. The molecule has 1 saturated heterocycles. The molecule has 1 atom stereocenters. The Kier molecular flexibility index (Phi) is 5.77. The zero-order valence-electron chi connectivity index (χ0n) is 13.1. The number of rotatable bonds is 5. The molecule has 0 spiro atoms. The Morgan fingerprint density at radius 3 is 2.45 bits per heavy atom. The molecular weight excluding hydrogens is 282 g/mol. The van der Waals surface area contributed by atoms with Crippen LogP contribution in [0.1, 0.15) is 6.92 Å². The van der Waals surface area contributed by atoms with Crippen molar-refractivity contribution in [3.05, 3.63) is 30.3 Å². The molecule has 0 bridgehead atoms. The van der Waals surface area contributed by atoms with Gasteiger partial charge in [-0.3, -0.25) is 9.59 Å². The van der Waals surface area contributed by atoms with Crippen molar-refractivity contribution in [3.8, 4) is 5.75 Å². The third-order valence-corrected chi connectivity index (χ3v) is 3.68. The Labute approximate surface area is 131 Å². The summed E-state index contributed by atoms with van der Waals surface area (Å²) in [6, 6.07) is 8.59. The Bertz CT molecular complexity index is 499. The molecule has 1 aliphatic rings. The van der Waals surface area contributed by atoms with Gasteiger partial charge in [-0.05, 0) is 26.1 Å². The molecule has 0 aromatic heterocycles. The van der Waals surface area contributed by atoms with Crippen molar-refractivity contribution in [2.45, 2.75) is 13.0 Å². The molecule has 0 unspecified atom stereocenters. The molecule has 1 fully saturated rings. The van der Waals surface area contributed by atoms with Gasteiger partial charge in [0, 0.05) is 26.2 Å². The molecule has 1 aliphatic heterocycles. The van der Waals surface area contributed by atoms with Crippen molar-refractivity contribution in [2.75, 3.05) is 39.8 Å². The van der Waals surface area contributed by atoms with Gasteiger partial charge in [0.05, 0.1) is 0 Å². The number of hydrogen-bond acceptors (Lipinski definition) is 4. The summed E-state index contributed by atoms with van der Waals surface area (Å²) >= 11 is 0. The number of likely N-dealkylation sites (N-methyl/N-ethyl adjacent to an activating group) is 1. The maximum absolute atomic E-state index is 12.3. The fraction of sp³-hybridized carbons (Fsp3) is 0.500. The second kappa shape index (κ2) is 7.79. The standard InChI is InChI=1S/C16H23N3O3/c1-13(16(21)19-10-8-18(2)9-11-19)17-15(20)12-22-14-6-4-3-5-7-14/h3-7,13H,8-12H2,1-2H3,(H,17,20)/t13-/m0/s1. The number of nitrogens with one attached hydrogen (secondary N) is 1. The summed E-state index contributed by atoms with van der Waals surface area (Å²) in [7, 11) is 2.04. The third-order valence-electron chi connectivity index (χ3n) is 3.68. The van der Waals surface area contributed by atoms with Crippen LogP contribution in [0.3, 0.4) is 0 Å². The van der Waals surface area contributed by atoms with E-state index in [1.165, 1.54) is 0 Å². The average Bonchev–Trinajstić information content (AvgIpc) is 2.54. The molecule has 0 saturated carbocycles. The Morgan fingerprint density at radius 2 is 1.82 bits per heavy atom. The monoisotopic (exact) mass is 305 g/mol. The minimum absolute atomic E-state index is 0.0406. The van der Waals surface area contributed by atoms with E-state index in [1.54, 1.807) is 24.0 Å². The molecule has 0 aliphatic carbocycles. The lowest BCUT2D eigenvalue weighted by Crippen LogP contribution is -2.53. The van der Waals surface area contributed by atoms with E-state index in [2.05, 4.69) is 10.2 Å². The Morgan fingerprint density at radius 1 is 1.18 bits per heavy atom. The van der Waals surface area contributed by atoms with Crippen molar-refractivity contribution in [2.24, 2.45) is 0 Å². The van der Waals surface area contributed by atoms with E-state index in [9.17, 15) is 9.59 Å². The molecule has 0 radical (unpaired) electrons. The van der Waals surface area contributed by atoms with Crippen LogP contribution in [0, 0.1) is 0 Å². The van der Waals surface area contributed by atoms with Crippen LogP contribution in [-0.4, -0.2) is 67.5 Å². The first-order chi connectivity index (χ1) is 10.6. The van der Waals surface area contributed by atoms with Crippen LogP contribution in [0.5, 0.6) is 5.75 Å². The number of piperazine rings is 1. The van der Waals surface area contributed by atoms with E-state index in [-0.39, 0.29) is 18.4 Å². The molecule has 2 amide bonds. The number of ether oxygens (including phenoxy) is 1. The van der Waals surface area contributed by atoms with Crippen LogP contribution in [0.4, 0.5) is 0 Å². The highest BCUT2D eigenvalue weighted by molar-refractivity contribution is 5.87. The first-order valence-electron chi connectivity index (χ1n) is 7.51. The first kappa shape index (κ1) is 16.3. The van der Waals surface area contributed by atoms with E-state index >= 15 is 0 Å². The van der Waals surface area contributed by atoms with Crippen LogP contribution in [0.15, 0.2) is 30.3 Å². The van der Waals surface area contributed by atoms with Crippen LogP contribution in [0.2, 0.25) is 0 Å². The van der Waals surface area contributed by atoms with Gasteiger partial charge >= 0.3 is 0 Å². The molecule has 6 nitrogen and oxygen atoms in total. The zero-order chi connectivity index (χ0) is 15.9. The minimum Gasteiger partial charge on any atom is -0.484 e. The zero-order valence-corrected chi connectivity index (χ0v) is 13.1. The molecule has 2 rings (SSSR count). The van der Waals surface area contributed by atoms with E-state index in [1.807, 2.05) is 25.2 Å². The number of carbonyl (C=O) groups excluding carboxylic acids is 2. The number of benzene rings is 1. The molecular formula is C16H23N3O3. The molecule has 1 aromatic rings. The highest BCUT2D eigenvalue weighted by Gasteiger charge is 2.24. The number of carbonyl (C=O) groups is 2. The largest absolute Gasteiger partial charge is 0.484 e. The van der Waals surface area contributed by atoms with Gasteiger partial charge in [0.1, 0.15) is 11.8 Å². The summed E-state index contributed by atoms with van der Waals surface area (Å²) in [4.78, 5) is 28.1. The van der Waals surface area contributed by atoms with E-state index in [0.29, 0.717) is 18.8 Å². The number of nitrogens with zero attached hydrogens (tertiary/aromatic N) is 2. The summed E-state index contributed by atoms with van der Waals surface area (Å²) in [6.45, 7) is 4.75. The fourth-order valence-electron chi connectivity index (χ4n) is 2.31. The molecule has 1 N–H and O–H groups in total. The third kappa shape index (κ3) is 4.73. The molecule has 120 valence electrons.